The topological polar surface area (TPSA) is 90.2 Å². The Kier molecular flexibility index (Phi) is 6.73. The number of piperazine rings is 1. The van der Waals surface area contributed by atoms with Crippen LogP contribution in [0.1, 0.15) is 42.7 Å². The molecule has 8 nitrogen and oxygen atoms in total. The van der Waals surface area contributed by atoms with Gasteiger partial charge in [-0.1, -0.05) is 19.3 Å². The number of guanidine groups is 1. The lowest BCUT2D eigenvalue weighted by atomic mass is 9.95. The van der Waals surface area contributed by atoms with E-state index in [4.69, 9.17) is 4.42 Å². The Morgan fingerprint density at radius 3 is 2.48 bits per heavy atom. The van der Waals surface area contributed by atoms with Gasteiger partial charge in [0.25, 0.3) is 5.91 Å². The monoisotopic (exact) mass is 375 g/mol. The highest BCUT2D eigenvalue weighted by molar-refractivity contribution is 5.92. The van der Waals surface area contributed by atoms with Crippen LogP contribution in [0.4, 0.5) is 0 Å². The Bertz CT molecular complexity index is 644. The summed E-state index contributed by atoms with van der Waals surface area (Å²) in [4.78, 5) is 32.6. The van der Waals surface area contributed by atoms with E-state index < -0.39 is 0 Å². The van der Waals surface area contributed by atoms with Crippen LogP contribution in [0.2, 0.25) is 0 Å². The number of amides is 2. The van der Waals surface area contributed by atoms with Gasteiger partial charge in [-0.25, -0.2) is 0 Å². The summed E-state index contributed by atoms with van der Waals surface area (Å²) in [7, 11) is 1.71. The lowest BCUT2D eigenvalue weighted by Gasteiger charge is -2.36. The minimum absolute atomic E-state index is 0.00897. The number of nitrogens with zero attached hydrogens (tertiary/aromatic N) is 3. The van der Waals surface area contributed by atoms with Gasteiger partial charge in [-0.3, -0.25) is 14.6 Å². The van der Waals surface area contributed by atoms with Crippen LogP contribution in [0.25, 0.3) is 0 Å². The molecule has 0 unspecified atom stereocenters. The Labute approximate surface area is 160 Å². The van der Waals surface area contributed by atoms with Crippen molar-refractivity contribution in [3.63, 3.8) is 0 Å². The van der Waals surface area contributed by atoms with Gasteiger partial charge in [0.05, 0.1) is 12.8 Å². The van der Waals surface area contributed by atoms with Crippen LogP contribution in [-0.2, 0) is 4.79 Å². The van der Waals surface area contributed by atoms with Crippen molar-refractivity contribution < 1.29 is 14.0 Å². The largest absolute Gasteiger partial charge is 0.459 e. The summed E-state index contributed by atoms with van der Waals surface area (Å²) in [6, 6.07) is 3.71. The summed E-state index contributed by atoms with van der Waals surface area (Å²) in [5.41, 5.74) is 0. The minimum Gasteiger partial charge on any atom is -0.459 e. The summed E-state index contributed by atoms with van der Waals surface area (Å²) in [5, 5.41) is 6.24. The van der Waals surface area contributed by atoms with Gasteiger partial charge in [-0.2, -0.15) is 0 Å². The van der Waals surface area contributed by atoms with Crippen molar-refractivity contribution in [2.45, 2.75) is 38.1 Å². The highest BCUT2D eigenvalue weighted by Gasteiger charge is 2.25. The molecule has 2 N–H and O–H groups in total. The van der Waals surface area contributed by atoms with Crippen LogP contribution >= 0.6 is 0 Å². The van der Waals surface area contributed by atoms with Crippen molar-refractivity contribution in [2.75, 3.05) is 39.8 Å². The second-order valence-electron chi connectivity index (χ2n) is 7.06. The predicted octanol–water partition coefficient (Wildman–Crippen LogP) is 1.06. The van der Waals surface area contributed by atoms with E-state index in [0.29, 0.717) is 43.9 Å². The maximum Gasteiger partial charge on any atom is 0.289 e. The van der Waals surface area contributed by atoms with Gasteiger partial charge < -0.3 is 24.9 Å². The number of furan rings is 1. The number of hydrogen-bond donors (Lipinski definition) is 2. The standard InChI is InChI=1S/C19H29N5O3/c1-20-19(21-14-17(25)22-15-6-3-2-4-7-15)24-11-9-23(10-12-24)18(26)16-8-5-13-27-16/h5,8,13,15H,2-4,6-7,9-12,14H2,1H3,(H,20,21)(H,22,25). The molecular weight excluding hydrogens is 346 g/mol. The van der Waals surface area contributed by atoms with Gasteiger partial charge in [0.1, 0.15) is 0 Å². The van der Waals surface area contributed by atoms with E-state index in [1.165, 1.54) is 25.5 Å². The van der Waals surface area contributed by atoms with Crippen molar-refractivity contribution >= 4 is 17.8 Å². The van der Waals surface area contributed by atoms with Crippen molar-refractivity contribution in [3.8, 4) is 0 Å². The first-order valence-corrected chi connectivity index (χ1v) is 9.75. The van der Waals surface area contributed by atoms with E-state index >= 15 is 0 Å². The second-order valence-corrected chi connectivity index (χ2v) is 7.06. The summed E-state index contributed by atoms with van der Waals surface area (Å²) in [6.07, 6.45) is 7.32. The molecule has 1 saturated heterocycles. The lowest BCUT2D eigenvalue weighted by Crippen LogP contribution is -2.55. The third-order valence-corrected chi connectivity index (χ3v) is 5.19. The highest BCUT2D eigenvalue weighted by atomic mass is 16.3. The van der Waals surface area contributed by atoms with Crippen LogP contribution in [0.15, 0.2) is 27.8 Å². The van der Waals surface area contributed by atoms with E-state index in [9.17, 15) is 9.59 Å². The van der Waals surface area contributed by atoms with Gasteiger partial charge in [0, 0.05) is 39.3 Å². The number of carbonyl (C=O) groups excluding carboxylic acids is 2. The van der Waals surface area contributed by atoms with Crippen LogP contribution in [-0.4, -0.2) is 73.4 Å². The normalized spacial score (nSPS) is 19.1. The highest BCUT2D eigenvalue weighted by Crippen LogP contribution is 2.17. The van der Waals surface area contributed by atoms with Gasteiger partial charge >= 0.3 is 0 Å². The molecule has 2 fully saturated rings. The molecule has 2 aliphatic rings. The van der Waals surface area contributed by atoms with Gasteiger partial charge in [-0.15, -0.1) is 0 Å². The molecule has 1 aromatic heterocycles. The third-order valence-electron chi connectivity index (χ3n) is 5.19. The second kappa shape index (κ2) is 9.43. The fourth-order valence-corrected chi connectivity index (χ4v) is 3.69. The molecule has 148 valence electrons. The van der Waals surface area contributed by atoms with Gasteiger partial charge in [0.2, 0.25) is 5.91 Å². The fraction of sp³-hybridized carbons (Fsp3) is 0.632. The maximum absolute atomic E-state index is 12.3. The SMILES string of the molecule is CN=C(NCC(=O)NC1CCCCC1)N1CCN(C(=O)c2ccco2)CC1. The minimum atomic E-state index is -0.0885. The summed E-state index contributed by atoms with van der Waals surface area (Å²) < 4.78 is 5.19. The van der Waals surface area contributed by atoms with Gasteiger partial charge in [0.15, 0.2) is 11.7 Å². The zero-order valence-corrected chi connectivity index (χ0v) is 15.9. The predicted molar refractivity (Wildman–Crippen MR) is 103 cm³/mol. The molecule has 0 spiro atoms. The summed E-state index contributed by atoms with van der Waals surface area (Å²) in [5.74, 6) is 0.980. The van der Waals surface area contributed by atoms with Crippen molar-refractivity contribution in [1.29, 1.82) is 0 Å². The molecule has 8 heteroatoms. The van der Waals surface area contributed by atoms with Crippen LogP contribution in [0.3, 0.4) is 0 Å². The molecule has 27 heavy (non-hydrogen) atoms. The molecule has 2 heterocycles. The lowest BCUT2D eigenvalue weighted by molar-refractivity contribution is -0.120. The Balaban J connectivity index is 1.42. The number of hydrogen-bond acceptors (Lipinski definition) is 4. The molecule has 1 saturated carbocycles. The zero-order valence-electron chi connectivity index (χ0n) is 15.9. The molecule has 1 aromatic rings. The summed E-state index contributed by atoms with van der Waals surface area (Å²) in [6.45, 7) is 2.73. The zero-order chi connectivity index (χ0) is 19.1. The number of nitrogens with one attached hydrogen (secondary N) is 2. The number of aliphatic imine (C=N–C) groups is 1. The van der Waals surface area contributed by atoms with Crippen molar-refractivity contribution in [2.24, 2.45) is 4.99 Å². The number of rotatable bonds is 4. The Morgan fingerprint density at radius 1 is 1.15 bits per heavy atom. The number of carbonyl (C=O) groups is 2. The first-order valence-electron chi connectivity index (χ1n) is 9.75. The van der Waals surface area contributed by atoms with Crippen LogP contribution in [0.5, 0.6) is 0 Å². The smallest absolute Gasteiger partial charge is 0.289 e. The van der Waals surface area contributed by atoms with E-state index in [1.54, 1.807) is 24.1 Å². The van der Waals surface area contributed by atoms with E-state index in [-0.39, 0.29) is 18.4 Å². The molecular formula is C19H29N5O3. The first kappa shape index (κ1) is 19.3. The van der Waals surface area contributed by atoms with Gasteiger partial charge in [-0.05, 0) is 25.0 Å². The third kappa shape index (κ3) is 5.24. The average molecular weight is 375 g/mol. The maximum atomic E-state index is 12.3. The molecule has 0 atom stereocenters. The van der Waals surface area contributed by atoms with Crippen LogP contribution < -0.4 is 10.6 Å². The van der Waals surface area contributed by atoms with Crippen LogP contribution in [0, 0.1) is 0 Å². The van der Waals surface area contributed by atoms with E-state index in [2.05, 4.69) is 20.5 Å². The molecule has 0 bridgehead atoms. The van der Waals surface area contributed by atoms with E-state index in [1.807, 2.05) is 0 Å². The fourth-order valence-electron chi connectivity index (χ4n) is 3.69. The molecule has 0 aromatic carbocycles. The average Bonchev–Trinajstić information content (AvgIpc) is 3.24. The van der Waals surface area contributed by atoms with Crippen molar-refractivity contribution in [1.82, 2.24) is 20.4 Å². The first-order chi connectivity index (χ1) is 13.2. The van der Waals surface area contributed by atoms with E-state index in [0.717, 1.165) is 12.8 Å². The Morgan fingerprint density at radius 2 is 1.85 bits per heavy atom. The molecule has 0 radical (unpaired) electrons. The van der Waals surface area contributed by atoms with Crippen molar-refractivity contribution in [3.05, 3.63) is 24.2 Å². The summed E-state index contributed by atoms with van der Waals surface area (Å²) >= 11 is 0. The molecule has 3 rings (SSSR count). The Hall–Kier alpha value is -2.51. The molecule has 2 amide bonds. The quantitative estimate of drug-likeness (QED) is 0.607. The molecule has 1 aliphatic carbocycles. The molecule has 1 aliphatic heterocycles.